The largest absolute Gasteiger partial charge is 0.465 e. The van der Waals surface area contributed by atoms with Gasteiger partial charge in [0.2, 0.25) is 5.88 Å². The van der Waals surface area contributed by atoms with Crippen molar-refractivity contribution < 1.29 is 23.8 Å². The predicted octanol–water partition coefficient (Wildman–Crippen LogP) is 4.96. The second-order valence-electron chi connectivity index (χ2n) is 7.51. The first-order valence-corrected chi connectivity index (χ1v) is 10.8. The fraction of sp³-hybridized carbons (Fsp3) is 0.0741. The molecule has 1 unspecified atom stereocenters. The van der Waals surface area contributed by atoms with Gasteiger partial charge in [-0.05, 0) is 41.5 Å². The van der Waals surface area contributed by atoms with Crippen molar-refractivity contribution in [3.63, 3.8) is 0 Å². The van der Waals surface area contributed by atoms with Gasteiger partial charge < -0.3 is 19.9 Å². The van der Waals surface area contributed by atoms with Gasteiger partial charge in [-0.3, -0.25) is 0 Å². The third-order valence-electron chi connectivity index (χ3n) is 5.38. The molecule has 2 N–H and O–H groups in total. The van der Waals surface area contributed by atoms with Gasteiger partial charge in [-0.15, -0.1) is 0 Å². The number of carbonyl (C=O) groups is 2. The molecule has 1 heterocycles. The minimum atomic E-state index is -0.600. The number of esters is 2. The first kappa shape index (κ1) is 23.6. The van der Waals surface area contributed by atoms with Crippen molar-refractivity contribution in [2.24, 2.45) is 5.73 Å². The van der Waals surface area contributed by atoms with Crippen LogP contribution in [0.25, 0.3) is 6.08 Å². The van der Waals surface area contributed by atoms with Gasteiger partial charge in [0, 0.05) is 22.7 Å². The average Bonchev–Trinajstić information content (AvgIpc) is 2.87. The van der Waals surface area contributed by atoms with E-state index in [1.54, 1.807) is 60.7 Å². The molecule has 1 atom stereocenters. The van der Waals surface area contributed by atoms with Crippen molar-refractivity contribution in [1.82, 2.24) is 0 Å². The molecule has 0 saturated heterocycles. The third-order valence-corrected chi connectivity index (χ3v) is 5.72. The van der Waals surface area contributed by atoms with Gasteiger partial charge in [0.1, 0.15) is 23.1 Å². The Kier molecular flexibility index (Phi) is 6.86. The monoisotopic (exact) mass is 486 g/mol. The molecule has 174 valence electrons. The van der Waals surface area contributed by atoms with Crippen molar-refractivity contribution in [2.45, 2.75) is 5.92 Å². The van der Waals surface area contributed by atoms with Crippen LogP contribution in [0.4, 0.5) is 0 Å². The topological polar surface area (TPSA) is 112 Å². The molecule has 0 saturated carbocycles. The van der Waals surface area contributed by atoms with E-state index in [4.69, 9.17) is 31.5 Å². The van der Waals surface area contributed by atoms with Crippen LogP contribution in [-0.4, -0.2) is 19.0 Å². The van der Waals surface area contributed by atoms with E-state index in [0.717, 1.165) is 5.56 Å². The highest BCUT2D eigenvalue weighted by Crippen LogP contribution is 2.43. The molecular weight excluding hydrogens is 468 g/mol. The van der Waals surface area contributed by atoms with E-state index in [2.05, 4.69) is 6.07 Å². The molecule has 0 bridgehead atoms. The van der Waals surface area contributed by atoms with Crippen molar-refractivity contribution in [2.75, 3.05) is 7.11 Å². The minimum absolute atomic E-state index is 0.0517. The van der Waals surface area contributed by atoms with Crippen LogP contribution in [0.3, 0.4) is 0 Å². The maximum absolute atomic E-state index is 12.3. The Balaban J connectivity index is 1.60. The number of hydrogen-bond donors (Lipinski definition) is 1. The second-order valence-corrected chi connectivity index (χ2v) is 7.92. The van der Waals surface area contributed by atoms with Crippen molar-refractivity contribution in [1.29, 1.82) is 5.26 Å². The quantitative estimate of drug-likeness (QED) is 0.308. The number of nitrogens with two attached hydrogens (primary N) is 1. The number of carbonyl (C=O) groups excluding carboxylic acids is 2. The summed E-state index contributed by atoms with van der Waals surface area (Å²) in [4.78, 5) is 24.1. The van der Waals surface area contributed by atoms with Crippen LogP contribution in [0, 0.1) is 11.3 Å². The Labute approximate surface area is 206 Å². The van der Waals surface area contributed by atoms with Gasteiger partial charge in [0.25, 0.3) is 0 Å². The number of hydrogen-bond acceptors (Lipinski definition) is 7. The van der Waals surface area contributed by atoms with E-state index < -0.39 is 17.9 Å². The van der Waals surface area contributed by atoms with Crippen LogP contribution in [0.15, 0.2) is 84.3 Å². The number of fused-ring (bicyclic) bond motifs is 1. The van der Waals surface area contributed by atoms with Crippen molar-refractivity contribution in [3.8, 4) is 17.6 Å². The highest BCUT2D eigenvalue weighted by molar-refractivity contribution is 6.32. The number of benzene rings is 3. The molecule has 35 heavy (non-hydrogen) atoms. The summed E-state index contributed by atoms with van der Waals surface area (Å²) in [7, 11) is 1.30. The second kappa shape index (κ2) is 10.2. The van der Waals surface area contributed by atoms with E-state index in [1.807, 2.05) is 6.07 Å². The summed E-state index contributed by atoms with van der Waals surface area (Å²) in [6.07, 6.45) is 2.84. The molecule has 3 aromatic rings. The lowest BCUT2D eigenvalue weighted by Gasteiger charge is -2.26. The fourth-order valence-corrected chi connectivity index (χ4v) is 3.89. The number of ether oxygens (including phenoxy) is 3. The normalized spacial score (nSPS) is 14.6. The maximum atomic E-state index is 12.3. The summed E-state index contributed by atoms with van der Waals surface area (Å²) in [5.74, 6) is -1.05. The summed E-state index contributed by atoms with van der Waals surface area (Å²) < 4.78 is 15.8. The Morgan fingerprint density at radius 2 is 1.86 bits per heavy atom. The molecule has 4 rings (SSSR count). The first-order valence-electron chi connectivity index (χ1n) is 10.5. The molecule has 1 aliphatic rings. The van der Waals surface area contributed by atoms with Gasteiger partial charge in [-0.2, -0.15) is 5.26 Å². The third kappa shape index (κ3) is 5.03. The van der Waals surface area contributed by atoms with Gasteiger partial charge in [-0.1, -0.05) is 48.0 Å². The molecule has 0 spiro atoms. The van der Waals surface area contributed by atoms with Gasteiger partial charge >= 0.3 is 11.9 Å². The van der Waals surface area contributed by atoms with Crippen LogP contribution in [0.2, 0.25) is 5.02 Å². The summed E-state index contributed by atoms with van der Waals surface area (Å²) >= 11 is 6.10. The van der Waals surface area contributed by atoms with Crippen LogP contribution >= 0.6 is 11.6 Å². The summed E-state index contributed by atoms with van der Waals surface area (Å²) in [5, 5.41) is 10.2. The van der Waals surface area contributed by atoms with E-state index in [9.17, 15) is 14.9 Å². The Hall–Kier alpha value is -4.54. The van der Waals surface area contributed by atoms with E-state index >= 15 is 0 Å². The smallest absolute Gasteiger partial charge is 0.337 e. The molecule has 0 fully saturated rings. The van der Waals surface area contributed by atoms with Crippen LogP contribution in [0.5, 0.6) is 11.5 Å². The lowest BCUT2D eigenvalue weighted by molar-refractivity contribution is -0.128. The van der Waals surface area contributed by atoms with Crippen molar-refractivity contribution in [3.05, 3.63) is 112 Å². The molecule has 0 radical (unpaired) electrons. The zero-order valence-corrected chi connectivity index (χ0v) is 19.3. The van der Waals surface area contributed by atoms with Gasteiger partial charge in [0.15, 0.2) is 0 Å². The molecule has 8 heteroatoms. The fourth-order valence-electron chi connectivity index (χ4n) is 3.69. The highest BCUT2D eigenvalue weighted by Gasteiger charge is 2.31. The molecule has 0 aliphatic carbocycles. The highest BCUT2D eigenvalue weighted by atomic mass is 35.5. The Morgan fingerprint density at radius 3 is 2.54 bits per heavy atom. The summed E-state index contributed by atoms with van der Waals surface area (Å²) in [5.41, 5.74) is 8.73. The zero-order chi connectivity index (χ0) is 24.9. The van der Waals surface area contributed by atoms with Crippen LogP contribution < -0.4 is 15.2 Å². The molecule has 1 aliphatic heterocycles. The number of methoxy groups -OCH3 is 1. The van der Waals surface area contributed by atoms with Crippen LogP contribution in [0.1, 0.15) is 33.0 Å². The lowest BCUT2D eigenvalue weighted by atomic mass is 9.83. The Bertz CT molecular complexity index is 1400. The number of nitriles is 1. The average molecular weight is 487 g/mol. The number of rotatable bonds is 5. The number of allylic oxidation sites excluding steroid dienone is 1. The molecule has 3 aromatic carbocycles. The lowest BCUT2D eigenvalue weighted by Crippen LogP contribution is -2.21. The van der Waals surface area contributed by atoms with Gasteiger partial charge in [0.05, 0.1) is 18.6 Å². The van der Waals surface area contributed by atoms with Crippen LogP contribution in [-0.2, 0) is 9.53 Å². The number of nitrogens with zero attached hydrogens (tertiary/aromatic N) is 1. The molecular formula is C27H19ClN2O5. The van der Waals surface area contributed by atoms with Crippen molar-refractivity contribution >= 4 is 29.6 Å². The molecule has 7 nitrogen and oxygen atoms in total. The number of halogens is 1. The predicted molar refractivity (Wildman–Crippen MR) is 130 cm³/mol. The van der Waals surface area contributed by atoms with Gasteiger partial charge in [-0.25, -0.2) is 9.59 Å². The summed E-state index contributed by atoms with van der Waals surface area (Å²) in [6, 6.07) is 20.7. The first-order chi connectivity index (χ1) is 16.9. The van der Waals surface area contributed by atoms with E-state index in [1.165, 1.54) is 19.3 Å². The molecule has 0 amide bonds. The maximum Gasteiger partial charge on any atom is 0.337 e. The zero-order valence-electron chi connectivity index (χ0n) is 18.5. The summed E-state index contributed by atoms with van der Waals surface area (Å²) in [6.45, 7) is 0. The van der Waals surface area contributed by atoms with E-state index in [-0.39, 0.29) is 17.2 Å². The minimum Gasteiger partial charge on any atom is -0.465 e. The Morgan fingerprint density at radius 1 is 1.11 bits per heavy atom. The van der Waals surface area contributed by atoms with E-state index in [0.29, 0.717) is 27.5 Å². The standard InChI is InChI=1S/C27H19ClN2O5/c1-33-27(32)18-8-6-17(7-9-18)25-20-12-11-19(14-23(20)35-26(30)21(25)15-29)34-24(31)13-10-16-4-2-3-5-22(16)28/h2-14,25H,30H2,1H3/b13-10+. The SMILES string of the molecule is COC(=O)c1ccc(C2C(C#N)=C(N)Oc3cc(OC(=O)/C=C/c4ccccc4Cl)ccc32)cc1. The molecule has 0 aromatic heterocycles.